The Morgan fingerprint density at radius 1 is 1.17 bits per heavy atom. The van der Waals surface area contributed by atoms with Gasteiger partial charge in [0.05, 0.1) is 12.5 Å². The first kappa shape index (κ1) is 20.0. The zero-order valence-corrected chi connectivity index (χ0v) is 17.6. The standard InChI is InChI=1S/C24H32N2O3/c1-3-26(4-2)23(27)15-20-16-24(29-22-8-6-5-7-21(20)22)10-12-25(13-11-24)17-19-9-14-28-18-19/h5-9,14,18,20H,3-4,10-13,15-17H2,1-2H3/t20-/m0/s1. The molecule has 156 valence electrons. The highest BCUT2D eigenvalue weighted by molar-refractivity contribution is 5.77. The summed E-state index contributed by atoms with van der Waals surface area (Å²) in [5.41, 5.74) is 2.26. The maximum atomic E-state index is 12.9. The van der Waals surface area contributed by atoms with Crippen LogP contribution in [0.3, 0.4) is 0 Å². The third-order valence-corrected chi connectivity index (χ3v) is 6.59. The summed E-state index contributed by atoms with van der Waals surface area (Å²) in [7, 11) is 0. The Balaban J connectivity index is 1.47. The van der Waals surface area contributed by atoms with Crippen LogP contribution in [0.2, 0.25) is 0 Å². The van der Waals surface area contributed by atoms with E-state index >= 15 is 0 Å². The van der Waals surface area contributed by atoms with Crippen LogP contribution in [0, 0.1) is 0 Å². The molecule has 0 N–H and O–H groups in total. The van der Waals surface area contributed by atoms with Crippen molar-refractivity contribution in [1.82, 2.24) is 9.80 Å². The molecule has 1 spiro atoms. The lowest BCUT2D eigenvalue weighted by Gasteiger charge is -2.47. The molecule has 0 bridgehead atoms. The van der Waals surface area contributed by atoms with Crippen LogP contribution in [-0.4, -0.2) is 47.5 Å². The van der Waals surface area contributed by atoms with E-state index < -0.39 is 0 Å². The lowest BCUT2D eigenvalue weighted by atomic mass is 9.76. The Kier molecular flexibility index (Phi) is 5.95. The van der Waals surface area contributed by atoms with Crippen molar-refractivity contribution in [2.75, 3.05) is 26.2 Å². The summed E-state index contributed by atoms with van der Waals surface area (Å²) in [5.74, 6) is 1.46. The number of hydrogen-bond acceptors (Lipinski definition) is 4. The maximum Gasteiger partial charge on any atom is 0.223 e. The first-order valence-corrected chi connectivity index (χ1v) is 10.9. The van der Waals surface area contributed by atoms with Crippen LogP contribution in [0.4, 0.5) is 0 Å². The van der Waals surface area contributed by atoms with Gasteiger partial charge in [0.25, 0.3) is 0 Å². The second-order valence-corrected chi connectivity index (χ2v) is 8.40. The van der Waals surface area contributed by atoms with Gasteiger partial charge in [-0.1, -0.05) is 18.2 Å². The number of furan rings is 1. The lowest BCUT2D eigenvalue weighted by molar-refractivity contribution is -0.131. The molecule has 5 nitrogen and oxygen atoms in total. The van der Waals surface area contributed by atoms with Gasteiger partial charge in [0.15, 0.2) is 0 Å². The molecule has 3 heterocycles. The van der Waals surface area contributed by atoms with E-state index in [1.807, 2.05) is 23.3 Å². The molecule has 1 aromatic heterocycles. The number of rotatable bonds is 6. The topological polar surface area (TPSA) is 45.9 Å². The Bertz CT molecular complexity index is 805. The highest BCUT2D eigenvalue weighted by atomic mass is 16.5. The molecule has 4 rings (SSSR count). The van der Waals surface area contributed by atoms with Gasteiger partial charge < -0.3 is 14.1 Å². The highest BCUT2D eigenvalue weighted by Gasteiger charge is 2.43. The zero-order chi connectivity index (χ0) is 20.3. The van der Waals surface area contributed by atoms with Crippen molar-refractivity contribution in [3.63, 3.8) is 0 Å². The summed E-state index contributed by atoms with van der Waals surface area (Å²) < 4.78 is 11.8. The Labute approximate surface area is 173 Å². The highest BCUT2D eigenvalue weighted by Crippen LogP contribution is 2.46. The monoisotopic (exact) mass is 396 g/mol. The number of likely N-dealkylation sites (tertiary alicyclic amines) is 1. The summed E-state index contributed by atoms with van der Waals surface area (Å²) in [4.78, 5) is 17.3. The van der Waals surface area contributed by atoms with Gasteiger partial charge in [-0.25, -0.2) is 0 Å². The molecule has 1 aromatic carbocycles. The summed E-state index contributed by atoms with van der Waals surface area (Å²) >= 11 is 0. The number of fused-ring (bicyclic) bond motifs is 1. The van der Waals surface area contributed by atoms with E-state index in [-0.39, 0.29) is 17.4 Å². The summed E-state index contributed by atoms with van der Waals surface area (Å²) in [6.07, 6.45) is 7.05. The number of benzene rings is 1. The van der Waals surface area contributed by atoms with Gasteiger partial charge in [-0.15, -0.1) is 0 Å². The average Bonchev–Trinajstić information content (AvgIpc) is 3.24. The lowest BCUT2D eigenvalue weighted by Crippen LogP contribution is -2.50. The molecule has 5 heteroatoms. The normalized spacial score (nSPS) is 20.8. The van der Waals surface area contributed by atoms with Crippen molar-refractivity contribution in [3.8, 4) is 5.75 Å². The Morgan fingerprint density at radius 3 is 2.62 bits per heavy atom. The quantitative estimate of drug-likeness (QED) is 0.724. The number of carbonyl (C=O) groups excluding carboxylic acids is 1. The number of carbonyl (C=O) groups is 1. The minimum Gasteiger partial charge on any atom is -0.487 e. The third-order valence-electron chi connectivity index (χ3n) is 6.59. The van der Waals surface area contributed by atoms with Gasteiger partial charge in [0.2, 0.25) is 5.91 Å². The fraction of sp³-hybridized carbons (Fsp3) is 0.542. The molecule has 1 atom stereocenters. The van der Waals surface area contributed by atoms with E-state index in [1.165, 1.54) is 11.1 Å². The molecule has 0 aliphatic carbocycles. The van der Waals surface area contributed by atoms with Crippen molar-refractivity contribution in [2.45, 2.75) is 57.6 Å². The minimum atomic E-state index is -0.157. The number of hydrogen-bond donors (Lipinski definition) is 0. The predicted molar refractivity (Wildman–Crippen MR) is 113 cm³/mol. The van der Waals surface area contributed by atoms with Crippen LogP contribution < -0.4 is 4.74 Å². The van der Waals surface area contributed by atoms with E-state index in [2.05, 4.69) is 36.9 Å². The molecular formula is C24H32N2O3. The molecule has 2 aliphatic rings. The summed E-state index contributed by atoms with van der Waals surface area (Å²) in [6, 6.07) is 10.3. The Hall–Kier alpha value is -2.27. The van der Waals surface area contributed by atoms with Crippen LogP contribution in [-0.2, 0) is 11.3 Å². The van der Waals surface area contributed by atoms with Crippen molar-refractivity contribution in [3.05, 3.63) is 54.0 Å². The van der Waals surface area contributed by atoms with Gasteiger partial charge in [-0.05, 0) is 50.8 Å². The number of piperidine rings is 1. The molecular weight excluding hydrogens is 364 g/mol. The second kappa shape index (κ2) is 8.62. The second-order valence-electron chi connectivity index (χ2n) is 8.40. The summed E-state index contributed by atoms with van der Waals surface area (Å²) in [5, 5.41) is 0. The minimum absolute atomic E-state index is 0.157. The first-order chi connectivity index (χ1) is 14.1. The third kappa shape index (κ3) is 4.35. The molecule has 29 heavy (non-hydrogen) atoms. The molecule has 0 saturated carbocycles. The molecule has 2 aliphatic heterocycles. The van der Waals surface area contributed by atoms with Crippen LogP contribution >= 0.6 is 0 Å². The van der Waals surface area contributed by atoms with Gasteiger partial charge in [0.1, 0.15) is 11.4 Å². The van der Waals surface area contributed by atoms with Crippen LogP contribution in [0.1, 0.15) is 56.6 Å². The van der Waals surface area contributed by atoms with Gasteiger partial charge in [-0.3, -0.25) is 9.69 Å². The average molecular weight is 397 g/mol. The molecule has 0 unspecified atom stereocenters. The number of nitrogens with zero attached hydrogens (tertiary/aromatic N) is 2. The van der Waals surface area contributed by atoms with E-state index in [0.717, 1.165) is 57.7 Å². The zero-order valence-electron chi connectivity index (χ0n) is 17.6. The number of para-hydroxylation sites is 1. The smallest absolute Gasteiger partial charge is 0.223 e. The van der Waals surface area contributed by atoms with E-state index in [9.17, 15) is 4.79 Å². The fourth-order valence-electron chi connectivity index (χ4n) is 4.91. The van der Waals surface area contributed by atoms with Crippen LogP contribution in [0.25, 0.3) is 0 Å². The molecule has 0 radical (unpaired) electrons. The van der Waals surface area contributed by atoms with E-state index in [0.29, 0.717) is 6.42 Å². The molecule has 2 aromatic rings. The summed E-state index contributed by atoms with van der Waals surface area (Å²) in [6.45, 7) is 8.58. The van der Waals surface area contributed by atoms with E-state index in [4.69, 9.17) is 9.15 Å². The van der Waals surface area contributed by atoms with Crippen molar-refractivity contribution >= 4 is 5.91 Å². The Morgan fingerprint density at radius 2 is 1.93 bits per heavy atom. The largest absolute Gasteiger partial charge is 0.487 e. The van der Waals surface area contributed by atoms with Gasteiger partial charge in [0, 0.05) is 50.6 Å². The number of ether oxygens (including phenoxy) is 1. The van der Waals surface area contributed by atoms with Crippen molar-refractivity contribution in [2.24, 2.45) is 0 Å². The predicted octanol–water partition coefficient (Wildman–Crippen LogP) is 4.44. The van der Waals surface area contributed by atoms with Crippen molar-refractivity contribution < 1.29 is 13.9 Å². The SMILES string of the molecule is CCN(CC)C(=O)C[C@H]1CC2(CCN(Cc3ccoc3)CC2)Oc2ccccc21. The molecule has 1 amide bonds. The molecule has 1 fully saturated rings. The number of amides is 1. The molecule has 1 saturated heterocycles. The van der Waals surface area contributed by atoms with Crippen LogP contribution in [0.5, 0.6) is 5.75 Å². The fourth-order valence-corrected chi connectivity index (χ4v) is 4.91. The maximum absolute atomic E-state index is 12.9. The first-order valence-electron chi connectivity index (χ1n) is 10.9. The van der Waals surface area contributed by atoms with Crippen LogP contribution in [0.15, 0.2) is 47.3 Å². The van der Waals surface area contributed by atoms with E-state index in [1.54, 1.807) is 6.26 Å². The van der Waals surface area contributed by atoms with Crippen molar-refractivity contribution in [1.29, 1.82) is 0 Å². The van der Waals surface area contributed by atoms with Gasteiger partial charge in [-0.2, -0.15) is 0 Å². The van der Waals surface area contributed by atoms with Gasteiger partial charge >= 0.3 is 0 Å².